The summed E-state index contributed by atoms with van der Waals surface area (Å²) in [7, 11) is 0. The quantitative estimate of drug-likeness (QED) is 0.764. The number of aliphatic hydroxyl groups excluding tert-OH is 1. The summed E-state index contributed by atoms with van der Waals surface area (Å²) in [5.74, 6) is -0.0529. The number of hydrogen-bond acceptors (Lipinski definition) is 2. The van der Waals surface area contributed by atoms with Gasteiger partial charge in [0.05, 0.1) is 0 Å². The molecule has 0 unspecified atom stereocenters. The Labute approximate surface area is 83.8 Å². The van der Waals surface area contributed by atoms with Crippen molar-refractivity contribution in [2.24, 2.45) is 0 Å². The highest BCUT2D eigenvalue weighted by atomic mass is 16.3. The third-order valence-corrected chi connectivity index (χ3v) is 1.90. The van der Waals surface area contributed by atoms with E-state index in [9.17, 15) is 4.79 Å². The van der Waals surface area contributed by atoms with Crippen molar-refractivity contribution < 1.29 is 9.90 Å². The van der Waals surface area contributed by atoms with Crippen molar-refractivity contribution in [3.05, 3.63) is 29.8 Å². The summed E-state index contributed by atoms with van der Waals surface area (Å²) in [5.41, 5.74) is 1.97. The molecule has 1 rings (SSSR count). The van der Waals surface area contributed by atoms with Crippen LogP contribution in [0.4, 0.5) is 5.69 Å². The minimum Gasteiger partial charge on any atom is -0.396 e. The maximum Gasteiger partial charge on any atom is 0.224 e. The lowest BCUT2D eigenvalue weighted by Gasteiger charge is -2.04. The molecule has 0 heterocycles. The van der Waals surface area contributed by atoms with E-state index in [1.54, 1.807) is 0 Å². The maximum atomic E-state index is 11.2. The molecule has 0 spiro atoms. The lowest BCUT2D eigenvalue weighted by molar-refractivity contribution is -0.116. The number of aryl methyl sites for hydroxylation is 1. The minimum absolute atomic E-state index is 0.0529. The van der Waals surface area contributed by atoms with Crippen molar-refractivity contribution in [1.82, 2.24) is 0 Å². The number of anilines is 1. The molecule has 14 heavy (non-hydrogen) atoms. The Morgan fingerprint density at radius 2 is 2.00 bits per heavy atom. The number of aliphatic hydroxyl groups is 1. The molecule has 3 heteroatoms. The van der Waals surface area contributed by atoms with Gasteiger partial charge in [0.25, 0.3) is 0 Å². The van der Waals surface area contributed by atoms with Crippen molar-refractivity contribution in [1.29, 1.82) is 0 Å². The van der Waals surface area contributed by atoms with Gasteiger partial charge in [0, 0.05) is 18.7 Å². The molecule has 0 bridgehead atoms. The highest BCUT2D eigenvalue weighted by Crippen LogP contribution is 2.08. The van der Waals surface area contributed by atoms with E-state index >= 15 is 0 Å². The van der Waals surface area contributed by atoms with Crippen molar-refractivity contribution in [3.8, 4) is 0 Å². The first kappa shape index (κ1) is 10.7. The van der Waals surface area contributed by atoms with Gasteiger partial charge in [0.15, 0.2) is 0 Å². The minimum atomic E-state index is -0.0529. The Kier molecular flexibility index (Phi) is 4.13. The molecule has 0 aliphatic rings. The van der Waals surface area contributed by atoms with E-state index in [1.165, 1.54) is 5.56 Å². The van der Waals surface area contributed by atoms with Gasteiger partial charge >= 0.3 is 0 Å². The summed E-state index contributed by atoms with van der Waals surface area (Å²) in [6.45, 7) is 2.05. The Morgan fingerprint density at radius 1 is 1.36 bits per heavy atom. The standard InChI is InChI=1S/C11H15NO2/c1-9-4-6-10(7-5-9)12-11(14)3-2-8-13/h4-7,13H,2-3,8H2,1H3,(H,12,14). The zero-order chi connectivity index (χ0) is 10.4. The summed E-state index contributed by atoms with van der Waals surface area (Å²) < 4.78 is 0. The van der Waals surface area contributed by atoms with E-state index in [4.69, 9.17) is 5.11 Å². The number of benzene rings is 1. The predicted molar refractivity (Wildman–Crippen MR) is 56.1 cm³/mol. The molecule has 0 aromatic heterocycles. The van der Waals surface area contributed by atoms with Crippen molar-refractivity contribution in [3.63, 3.8) is 0 Å². The van der Waals surface area contributed by atoms with Gasteiger partial charge in [-0.2, -0.15) is 0 Å². The number of amides is 1. The topological polar surface area (TPSA) is 49.3 Å². The van der Waals surface area contributed by atoms with E-state index in [2.05, 4.69) is 5.32 Å². The van der Waals surface area contributed by atoms with E-state index in [1.807, 2.05) is 31.2 Å². The lowest BCUT2D eigenvalue weighted by atomic mass is 10.2. The SMILES string of the molecule is Cc1ccc(NC(=O)CCCO)cc1. The molecular formula is C11H15NO2. The van der Waals surface area contributed by atoms with Crippen LogP contribution in [0.1, 0.15) is 18.4 Å². The number of nitrogens with one attached hydrogen (secondary N) is 1. The van der Waals surface area contributed by atoms with Gasteiger partial charge in [-0.15, -0.1) is 0 Å². The van der Waals surface area contributed by atoms with Crippen LogP contribution >= 0.6 is 0 Å². The third-order valence-electron chi connectivity index (χ3n) is 1.90. The van der Waals surface area contributed by atoms with Crippen LogP contribution < -0.4 is 5.32 Å². The molecule has 0 aliphatic carbocycles. The molecule has 0 saturated carbocycles. The van der Waals surface area contributed by atoms with E-state index in [0.717, 1.165) is 5.69 Å². The second kappa shape index (κ2) is 5.40. The molecular weight excluding hydrogens is 178 g/mol. The van der Waals surface area contributed by atoms with Crippen LogP contribution in [-0.2, 0) is 4.79 Å². The zero-order valence-corrected chi connectivity index (χ0v) is 8.29. The first-order chi connectivity index (χ1) is 6.72. The van der Waals surface area contributed by atoms with Gasteiger partial charge in [0.1, 0.15) is 0 Å². The van der Waals surface area contributed by atoms with Gasteiger partial charge in [-0.3, -0.25) is 4.79 Å². The highest BCUT2D eigenvalue weighted by Gasteiger charge is 2.00. The highest BCUT2D eigenvalue weighted by molar-refractivity contribution is 5.90. The summed E-state index contributed by atoms with van der Waals surface area (Å²) in [5, 5.41) is 11.3. The third kappa shape index (κ3) is 3.58. The largest absolute Gasteiger partial charge is 0.396 e. The van der Waals surface area contributed by atoms with Crippen LogP contribution in [0, 0.1) is 6.92 Å². The average molecular weight is 193 g/mol. The summed E-state index contributed by atoms with van der Waals surface area (Å²) in [6, 6.07) is 7.63. The fraction of sp³-hybridized carbons (Fsp3) is 0.364. The Balaban J connectivity index is 2.44. The predicted octanol–water partition coefficient (Wildman–Crippen LogP) is 1.71. The van der Waals surface area contributed by atoms with Crippen LogP contribution in [-0.4, -0.2) is 17.6 Å². The number of rotatable bonds is 4. The van der Waals surface area contributed by atoms with E-state index < -0.39 is 0 Å². The molecule has 0 atom stereocenters. The molecule has 0 radical (unpaired) electrons. The Bertz CT molecular complexity index is 293. The maximum absolute atomic E-state index is 11.2. The smallest absolute Gasteiger partial charge is 0.224 e. The van der Waals surface area contributed by atoms with Gasteiger partial charge in [0.2, 0.25) is 5.91 Å². The average Bonchev–Trinajstić information content (AvgIpc) is 2.18. The summed E-state index contributed by atoms with van der Waals surface area (Å²) in [6.07, 6.45) is 0.877. The lowest BCUT2D eigenvalue weighted by Crippen LogP contribution is -2.11. The molecule has 2 N–H and O–H groups in total. The molecule has 3 nitrogen and oxygen atoms in total. The Morgan fingerprint density at radius 3 is 2.57 bits per heavy atom. The van der Waals surface area contributed by atoms with E-state index in [0.29, 0.717) is 12.8 Å². The molecule has 1 amide bonds. The fourth-order valence-corrected chi connectivity index (χ4v) is 1.10. The first-order valence-corrected chi connectivity index (χ1v) is 4.70. The van der Waals surface area contributed by atoms with Crippen LogP contribution in [0.15, 0.2) is 24.3 Å². The number of hydrogen-bond donors (Lipinski definition) is 2. The van der Waals surface area contributed by atoms with Crippen molar-refractivity contribution in [2.45, 2.75) is 19.8 Å². The molecule has 76 valence electrons. The summed E-state index contributed by atoms with van der Waals surface area (Å²) >= 11 is 0. The first-order valence-electron chi connectivity index (χ1n) is 4.70. The summed E-state index contributed by atoms with van der Waals surface area (Å²) in [4.78, 5) is 11.2. The molecule has 1 aromatic carbocycles. The normalized spacial score (nSPS) is 9.86. The number of carbonyl (C=O) groups excluding carboxylic acids is 1. The van der Waals surface area contributed by atoms with Crippen LogP contribution in [0.25, 0.3) is 0 Å². The monoisotopic (exact) mass is 193 g/mol. The van der Waals surface area contributed by atoms with Crippen LogP contribution in [0.2, 0.25) is 0 Å². The molecule has 1 aromatic rings. The second-order valence-corrected chi connectivity index (χ2v) is 3.24. The zero-order valence-electron chi connectivity index (χ0n) is 8.29. The van der Waals surface area contributed by atoms with Crippen LogP contribution in [0.3, 0.4) is 0 Å². The Hall–Kier alpha value is -1.35. The van der Waals surface area contributed by atoms with Gasteiger partial charge in [-0.05, 0) is 25.5 Å². The van der Waals surface area contributed by atoms with Gasteiger partial charge in [-0.1, -0.05) is 17.7 Å². The van der Waals surface area contributed by atoms with Gasteiger partial charge < -0.3 is 10.4 Å². The molecule has 0 aliphatic heterocycles. The molecule has 0 fully saturated rings. The number of carbonyl (C=O) groups is 1. The van der Waals surface area contributed by atoms with E-state index in [-0.39, 0.29) is 12.5 Å². The fourth-order valence-electron chi connectivity index (χ4n) is 1.10. The van der Waals surface area contributed by atoms with Crippen LogP contribution in [0.5, 0.6) is 0 Å². The van der Waals surface area contributed by atoms with Crippen molar-refractivity contribution >= 4 is 11.6 Å². The van der Waals surface area contributed by atoms with Crippen molar-refractivity contribution in [2.75, 3.05) is 11.9 Å². The van der Waals surface area contributed by atoms with Gasteiger partial charge in [-0.25, -0.2) is 0 Å². The molecule has 0 saturated heterocycles. The second-order valence-electron chi connectivity index (χ2n) is 3.24.